The third kappa shape index (κ3) is 2.26. The maximum atomic E-state index is 10.4. The number of nitro benzene ring substituents is 1. The Labute approximate surface area is 79.8 Å². The highest BCUT2D eigenvalue weighted by atomic mass is 35.5. The Kier molecular flexibility index (Phi) is 2.97. The van der Waals surface area contributed by atoms with Gasteiger partial charge in [0.2, 0.25) is 0 Å². The predicted octanol–water partition coefficient (Wildman–Crippen LogP) is 2.44. The van der Waals surface area contributed by atoms with Crippen molar-refractivity contribution in [3.63, 3.8) is 0 Å². The van der Waals surface area contributed by atoms with Gasteiger partial charge in [-0.1, -0.05) is 11.6 Å². The molecule has 1 rings (SSSR count). The van der Waals surface area contributed by atoms with Gasteiger partial charge in [0, 0.05) is 23.6 Å². The molecule has 0 heterocycles. The van der Waals surface area contributed by atoms with Crippen LogP contribution in [0.1, 0.15) is 5.56 Å². The molecule has 1 N–H and O–H groups in total. The Morgan fingerprint density at radius 3 is 2.85 bits per heavy atom. The Bertz CT molecular complexity index is 352. The molecule has 0 unspecified atom stereocenters. The van der Waals surface area contributed by atoms with E-state index in [1.807, 2.05) is 0 Å². The molecule has 1 aromatic rings. The molecule has 5 heteroatoms. The molecule has 0 fully saturated rings. The van der Waals surface area contributed by atoms with Crippen LogP contribution < -0.4 is 0 Å². The summed E-state index contributed by atoms with van der Waals surface area (Å²) in [6.07, 6.45) is 1.48. The molecule has 0 radical (unpaired) electrons. The molecule has 0 aromatic heterocycles. The number of nitrogens with one attached hydrogen (secondary N) is 1. The number of halogens is 1. The summed E-state index contributed by atoms with van der Waals surface area (Å²) in [6.45, 7) is 0. The highest BCUT2D eigenvalue weighted by Gasteiger charge is 2.08. The molecule has 0 aliphatic carbocycles. The SMILES string of the molecule is N=CCc1cc([N+](=O)[O-])ccc1Cl. The molecule has 0 atom stereocenters. The fraction of sp³-hybridized carbons (Fsp3) is 0.125. The lowest BCUT2D eigenvalue weighted by molar-refractivity contribution is -0.384. The number of non-ortho nitro benzene ring substituents is 1. The van der Waals surface area contributed by atoms with E-state index in [2.05, 4.69) is 0 Å². The maximum Gasteiger partial charge on any atom is 0.269 e. The van der Waals surface area contributed by atoms with E-state index in [1.165, 1.54) is 18.2 Å². The van der Waals surface area contributed by atoms with Gasteiger partial charge in [0.1, 0.15) is 0 Å². The van der Waals surface area contributed by atoms with Crippen molar-refractivity contribution in [1.29, 1.82) is 5.41 Å². The molecule has 0 spiro atoms. The second kappa shape index (κ2) is 4.00. The van der Waals surface area contributed by atoms with E-state index in [0.717, 1.165) is 6.21 Å². The topological polar surface area (TPSA) is 67.0 Å². The van der Waals surface area contributed by atoms with Gasteiger partial charge in [-0.2, -0.15) is 0 Å². The van der Waals surface area contributed by atoms with Gasteiger partial charge in [0.25, 0.3) is 5.69 Å². The van der Waals surface area contributed by atoms with E-state index in [1.54, 1.807) is 0 Å². The molecular weight excluding hydrogens is 192 g/mol. The summed E-state index contributed by atoms with van der Waals surface area (Å²) < 4.78 is 0. The van der Waals surface area contributed by atoms with E-state index in [9.17, 15) is 10.1 Å². The first-order valence-electron chi connectivity index (χ1n) is 3.57. The number of hydrogen-bond donors (Lipinski definition) is 1. The first-order chi connectivity index (χ1) is 6.15. The fourth-order valence-electron chi connectivity index (χ4n) is 0.941. The van der Waals surface area contributed by atoms with Gasteiger partial charge in [-0.3, -0.25) is 10.1 Å². The minimum absolute atomic E-state index is 0.00116. The van der Waals surface area contributed by atoms with E-state index < -0.39 is 4.92 Å². The van der Waals surface area contributed by atoms with Gasteiger partial charge >= 0.3 is 0 Å². The van der Waals surface area contributed by atoms with Crippen LogP contribution in [0.5, 0.6) is 0 Å². The molecule has 4 nitrogen and oxygen atoms in total. The molecule has 1 aromatic carbocycles. The minimum Gasteiger partial charge on any atom is -0.313 e. The number of hydrogen-bond acceptors (Lipinski definition) is 3. The monoisotopic (exact) mass is 198 g/mol. The van der Waals surface area contributed by atoms with E-state index in [-0.39, 0.29) is 5.69 Å². The van der Waals surface area contributed by atoms with Crippen LogP contribution in [0.25, 0.3) is 0 Å². The molecule has 0 aliphatic rings. The van der Waals surface area contributed by atoms with Gasteiger partial charge in [0.05, 0.1) is 4.92 Å². The lowest BCUT2D eigenvalue weighted by atomic mass is 10.1. The average Bonchev–Trinajstić information content (AvgIpc) is 2.08. The number of rotatable bonds is 3. The third-order valence-electron chi connectivity index (χ3n) is 1.56. The number of nitro groups is 1. The van der Waals surface area contributed by atoms with Crippen LogP contribution in [-0.4, -0.2) is 11.1 Å². The largest absolute Gasteiger partial charge is 0.313 e. The van der Waals surface area contributed by atoms with Crippen molar-refractivity contribution in [2.24, 2.45) is 0 Å². The van der Waals surface area contributed by atoms with E-state index in [0.29, 0.717) is 17.0 Å². The summed E-state index contributed by atoms with van der Waals surface area (Å²) in [5, 5.41) is 17.7. The van der Waals surface area contributed by atoms with Gasteiger partial charge in [-0.05, 0) is 17.8 Å². The summed E-state index contributed by atoms with van der Waals surface area (Å²) in [7, 11) is 0. The summed E-state index contributed by atoms with van der Waals surface area (Å²) in [4.78, 5) is 9.89. The zero-order valence-corrected chi connectivity index (χ0v) is 7.41. The molecule has 68 valence electrons. The first-order valence-corrected chi connectivity index (χ1v) is 3.94. The van der Waals surface area contributed by atoms with E-state index >= 15 is 0 Å². The van der Waals surface area contributed by atoms with Crippen molar-refractivity contribution in [3.05, 3.63) is 38.9 Å². The summed E-state index contributed by atoms with van der Waals surface area (Å²) >= 11 is 5.75. The van der Waals surface area contributed by atoms with Gasteiger partial charge in [0.15, 0.2) is 0 Å². The van der Waals surface area contributed by atoms with Crippen molar-refractivity contribution < 1.29 is 4.92 Å². The summed E-state index contributed by atoms with van der Waals surface area (Å²) in [5.74, 6) is 0. The Balaban J connectivity index is 3.10. The first kappa shape index (κ1) is 9.67. The standard InChI is InChI=1S/C8H7ClN2O2/c9-8-2-1-7(11(12)13)5-6(8)3-4-10/h1-2,4-5,10H,3H2. The average molecular weight is 199 g/mol. The van der Waals surface area contributed by atoms with Gasteiger partial charge < -0.3 is 5.41 Å². The second-order valence-electron chi connectivity index (χ2n) is 2.44. The van der Waals surface area contributed by atoms with Crippen LogP contribution in [0.15, 0.2) is 18.2 Å². The van der Waals surface area contributed by atoms with Crippen molar-refractivity contribution in [3.8, 4) is 0 Å². The molecular formula is C8H7ClN2O2. The van der Waals surface area contributed by atoms with Crippen LogP contribution in [-0.2, 0) is 6.42 Å². The lowest BCUT2D eigenvalue weighted by Crippen LogP contribution is -1.92. The highest BCUT2D eigenvalue weighted by molar-refractivity contribution is 6.31. The zero-order chi connectivity index (χ0) is 9.84. The molecule has 0 bridgehead atoms. The molecule has 0 aliphatic heterocycles. The van der Waals surface area contributed by atoms with Crippen LogP contribution in [0.3, 0.4) is 0 Å². The van der Waals surface area contributed by atoms with Crippen molar-refractivity contribution in [2.45, 2.75) is 6.42 Å². The third-order valence-corrected chi connectivity index (χ3v) is 1.93. The van der Waals surface area contributed by atoms with Crippen molar-refractivity contribution in [2.75, 3.05) is 0 Å². The van der Waals surface area contributed by atoms with Crippen LogP contribution in [0.2, 0.25) is 5.02 Å². The van der Waals surface area contributed by atoms with Gasteiger partial charge in [-0.25, -0.2) is 0 Å². The fourth-order valence-corrected chi connectivity index (χ4v) is 1.14. The summed E-state index contributed by atoms with van der Waals surface area (Å²) in [5.41, 5.74) is 0.604. The van der Waals surface area contributed by atoms with Crippen molar-refractivity contribution >= 4 is 23.5 Å². The number of benzene rings is 1. The predicted molar refractivity (Wildman–Crippen MR) is 50.6 cm³/mol. The van der Waals surface area contributed by atoms with Crippen LogP contribution in [0, 0.1) is 15.5 Å². The molecule has 0 saturated carbocycles. The van der Waals surface area contributed by atoms with E-state index in [4.69, 9.17) is 17.0 Å². The van der Waals surface area contributed by atoms with Crippen LogP contribution in [0.4, 0.5) is 5.69 Å². The van der Waals surface area contributed by atoms with Crippen LogP contribution >= 0.6 is 11.6 Å². The minimum atomic E-state index is -0.482. The molecule has 0 amide bonds. The normalized spacial score (nSPS) is 9.62. The summed E-state index contributed by atoms with van der Waals surface area (Å²) in [6, 6.07) is 4.20. The zero-order valence-electron chi connectivity index (χ0n) is 6.66. The Morgan fingerprint density at radius 2 is 2.31 bits per heavy atom. The number of nitrogens with zero attached hydrogens (tertiary/aromatic N) is 1. The smallest absolute Gasteiger partial charge is 0.269 e. The Morgan fingerprint density at radius 1 is 1.62 bits per heavy atom. The quantitative estimate of drug-likeness (QED) is 0.461. The molecule has 0 saturated heterocycles. The molecule has 13 heavy (non-hydrogen) atoms. The van der Waals surface area contributed by atoms with Crippen molar-refractivity contribution in [1.82, 2.24) is 0 Å². The Hall–Kier alpha value is -1.42. The second-order valence-corrected chi connectivity index (χ2v) is 2.85. The van der Waals surface area contributed by atoms with Gasteiger partial charge in [-0.15, -0.1) is 0 Å². The highest BCUT2D eigenvalue weighted by Crippen LogP contribution is 2.21. The lowest BCUT2D eigenvalue weighted by Gasteiger charge is -1.99. The maximum absolute atomic E-state index is 10.4.